The maximum absolute atomic E-state index is 11.5. The van der Waals surface area contributed by atoms with E-state index in [1.807, 2.05) is 0 Å². The van der Waals surface area contributed by atoms with E-state index >= 15 is 0 Å². The number of benzene rings is 1. The summed E-state index contributed by atoms with van der Waals surface area (Å²) in [6, 6.07) is 2.72. The van der Waals surface area contributed by atoms with E-state index in [-0.39, 0.29) is 23.1 Å². The quantitative estimate of drug-likeness (QED) is 0.828. The average molecular weight is 308 g/mol. The molecule has 1 rings (SSSR count). The van der Waals surface area contributed by atoms with Gasteiger partial charge in [-0.2, -0.15) is 0 Å². The Kier molecular flexibility index (Phi) is 5.02. The lowest BCUT2D eigenvalue weighted by Gasteiger charge is -2.13. The van der Waals surface area contributed by atoms with E-state index < -0.39 is 9.05 Å². The summed E-state index contributed by atoms with van der Waals surface area (Å²) in [4.78, 5) is 10.8. The van der Waals surface area contributed by atoms with Crippen LogP contribution in [0.25, 0.3) is 0 Å². The molecule has 106 valence electrons. The van der Waals surface area contributed by atoms with Crippen molar-refractivity contribution in [3.05, 3.63) is 17.7 Å². The van der Waals surface area contributed by atoms with Crippen molar-refractivity contribution in [2.75, 3.05) is 14.2 Å². The van der Waals surface area contributed by atoms with Gasteiger partial charge in [-0.1, -0.05) is 0 Å². The summed E-state index contributed by atoms with van der Waals surface area (Å²) in [6.07, 6.45) is 0. The highest BCUT2D eigenvalue weighted by Crippen LogP contribution is 2.34. The Bertz CT molecular complexity index is 585. The van der Waals surface area contributed by atoms with Gasteiger partial charge in [-0.05, 0) is 11.6 Å². The minimum Gasteiger partial charge on any atom is -0.493 e. The van der Waals surface area contributed by atoms with Gasteiger partial charge in [-0.15, -0.1) is 0 Å². The molecule has 0 saturated carbocycles. The van der Waals surface area contributed by atoms with Crippen LogP contribution in [0.3, 0.4) is 0 Å². The molecule has 1 aromatic rings. The smallest absolute Gasteiger partial charge is 0.261 e. The van der Waals surface area contributed by atoms with Crippen LogP contribution >= 0.6 is 10.7 Å². The van der Waals surface area contributed by atoms with E-state index in [2.05, 4.69) is 5.32 Å². The van der Waals surface area contributed by atoms with Crippen LogP contribution in [-0.4, -0.2) is 28.5 Å². The fourth-order valence-corrected chi connectivity index (χ4v) is 2.61. The Morgan fingerprint density at radius 2 is 1.79 bits per heavy atom. The van der Waals surface area contributed by atoms with Crippen LogP contribution in [0.5, 0.6) is 11.5 Å². The Labute approximate surface area is 116 Å². The van der Waals surface area contributed by atoms with E-state index in [0.717, 1.165) is 0 Å². The summed E-state index contributed by atoms with van der Waals surface area (Å²) >= 11 is 0. The van der Waals surface area contributed by atoms with Gasteiger partial charge in [0.25, 0.3) is 9.05 Å². The molecule has 1 N–H and O–H groups in total. The van der Waals surface area contributed by atoms with Crippen molar-refractivity contribution in [1.29, 1.82) is 0 Å². The normalized spacial score (nSPS) is 10.9. The maximum Gasteiger partial charge on any atom is 0.261 e. The SMILES string of the molecule is COc1cc(CNC(C)=O)c(S(=O)(=O)Cl)cc1OC. The van der Waals surface area contributed by atoms with Gasteiger partial charge in [0.1, 0.15) is 0 Å². The Hall–Kier alpha value is -1.47. The van der Waals surface area contributed by atoms with Crippen molar-refractivity contribution in [3.63, 3.8) is 0 Å². The lowest BCUT2D eigenvalue weighted by Crippen LogP contribution is -2.20. The first-order valence-electron chi connectivity index (χ1n) is 5.23. The molecule has 0 aromatic heterocycles. The maximum atomic E-state index is 11.5. The molecule has 8 heteroatoms. The number of nitrogens with one attached hydrogen (secondary N) is 1. The minimum atomic E-state index is -3.95. The molecule has 0 fully saturated rings. The molecule has 0 bridgehead atoms. The Morgan fingerprint density at radius 3 is 2.21 bits per heavy atom. The lowest BCUT2D eigenvalue weighted by molar-refractivity contribution is -0.119. The highest BCUT2D eigenvalue weighted by atomic mass is 35.7. The van der Waals surface area contributed by atoms with Gasteiger partial charge in [0.15, 0.2) is 11.5 Å². The van der Waals surface area contributed by atoms with Crippen molar-refractivity contribution < 1.29 is 22.7 Å². The topological polar surface area (TPSA) is 81.7 Å². The van der Waals surface area contributed by atoms with Crippen LogP contribution in [0, 0.1) is 0 Å². The first kappa shape index (κ1) is 15.6. The lowest BCUT2D eigenvalue weighted by atomic mass is 10.2. The van der Waals surface area contributed by atoms with E-state index in [9.17, 15) is 13.2 Å². The summed E-state index contributed by atoms with van der Waals surface area (Å²) < 4.78 is 33.1. The molecule has 0 spiro atoms. The molecular weight excluding hydrogens is 294 g/mol. The number of carbonyl (C=O) groups is 1. The van der Waals surface area contributed by atoms with E-state index in [0.29, 0.717) is 11.3 Å². The number of ether oxygens (including phenoxy) is 2. The van der Waals surface area contributed by atoms with Crippen molar-refractivity contribution in [2.45, 2.75) is 18.4 Å². The number of halogens is 1. The Morgan fingerprint density at radius 1 is 1.26 bits per heavy atom. The van der Waals surface area contributed by atoms with E-state index in [1.54, 1.807) is 0 Å². The Balaban J connectivity index is 3.36. The second kappa shape index (κ2) is 6.12. The predicted molar refractivity (Wildman–Crippen MR) is 70.1 cm³/mol. The zero-order valence-electron chi connectivity index (χ0n) is 10.7. The van der Waals surface area contributed by atoms with Gasteiger partial charge in [0, 0.05) is 30.2 Å². The van der Waals surface area contributed by atoms with Crippen LogP contribution in [0.2, 0.25) is 0 Å². The fraction of sp³-hybridized carbons (Fsp3) is 0.364. The van der Waals surface area contributed by atoms with Crippen LogP contribution in [-0.2, 0) is 20.4 Å². The first-order valence-corrected chi connectivity index (χ1v) is 7.54. The van der Waals surface area contributed by atoms with Gasteiger partial charge in [-0.3, -0.25) is 4.79 Å². The molecule has 0 aliphatic carbocycles. The molecule has 0 aliphatic rings. The van der Waals surface area contributed by atoms with Crippen molar-refractivity contribution in [1.82, 2.24) is 5.32 Å². The highest BCUT2D eigenvalue weighted by Gasteiger charge is 2.20. The zero-order chi connectivity index (χ0) is 14.6. The summed E-state index contributed by atoms with van der Waals surface area (Å²) in [7, 11) is 4.22. The average Bonchev–Trinajstić information content (AvgIpc) is 2.33. The van der Waals surface area contributed by atoms with E-state index in [1.165, 1.54) is 33.3 Å². The van der Waals surface area contributed by atoms with Gasteiger partial charge < -0.3 is 14.8 Å². The number of hydrogen-bond acceptors (Lipinski definition) is 5. The van der Waals surface area contributed by atoms with Crippen LogP contribution in [0.15, 0.2) is 17.0 Å². The van der Waals surface area contributed by atoms with E-state index in [4.69, 9.17) is 20.2 Å². The fourth-order valence-electron chi connectivity index (χ4n) is 1.49. The summed E-state index contributed by atoms with van der Waals surface area (Å²) in [5.74, 6) is 0.313. The predicted octanol–water partition coefficient (Wildman–Crippen LogP) is 1.27. The summed E-state index contributed by atoms with van der Waals surface area (Å²) in [5.41, 5.74) is 0.322. The number of carbonyl (C=O) groups excluding carboxylic acids is 1. The molecule has 1 aromatic carbocycles. The molecule has 0 aliphatic heterocycles. The van der Waals surface area contributed by atoms with Crippen molar-refractivity contribution in [3.8, 4) is 11.5 Å². The second-order valence-electron chi connectivity index (χ2n) is 3.66. The summed E-state index contributed by atoms with van der Waals surface area (Å²) in [5, 5.41) is 2.50. The molecule has 1 amide bonds. The third-order valence-corrected chi connectivity index (χ3v) is 3.76. The van der Waals surface area contributed by atoms with Gasteiger partial charge >= 0.3 is 0 Å². The molecule has 0 atom stereocenters. The number of amides is 1. The minimum absolute atomic E-state index is 0.0248. The van der Waals surface area contributed by atoms with Crippen molar-refractivity contribution in [2.24, 2.45) is 0 Å². The third-order valence-electron chi connectivity index (χ3n) is 2.36. The summed E-state index contributed by atoms with van der Waals surface area (Å²) in [6.45, 7) is 1.35. The third kappa shape index (κ3) is 4.00. The highest BCUT2D eigenvalue weighted by molar-refractivity contribution is 8.13. The monoisotopic (exact) mass is 307 g/mol. The van der Waals surface area contributed by atoms with Gasteiger partial charge in [0.05, 0.1) is 19.1 Å². The number of rotatable bonds is 5. The number of methoxy groups -OCH3 is 2. The van der Waals surface area contributed by atoms with Crippen LogP contribution in [0.1, 0.15) is 12.5 Å². The number of hydrogen-bond donors (Lipinski definition) is 1. The zero-order valence-corrected chi connectivity index (χ0v) is 12.3. The van der Waals surface area contributed by atoms with Crippen LogP contribution in [0.4, 0.5) is 0 Å². The molecule has 19 heavy (non-hydrogen) atoms. The molecular formula is C11H14ClNO5S. The molecule has 0 radical (unpaired) electrons. The second-order valence-corrected chi connectivity index (χ2v) is 6.20. The van der Waals surface area contributed by atoms with Gasteiger partial charge in [0.2, 0.25) is 5.91 Å². The van der Waals surface area contributed by atoms with Crippen LogP contribution < -0.4 is 14.8 Å². The molecule has 0 unspecified atom stereocenters. The molecule has 0 saturated heterocycles. The molecule has 0 heterocycles. The largest absolute Gasteiger partial charge is 0.493 e. The first-order chi connectivity index (χ1) is 8.79. The van der Waals surface area contributed by atoms with Gasteiger partial charge in [-0.25, -0.2) is 8.42 Å². The molecule has 6 nitrogen and oxygen atoms in total. The standard InChI is InChI=1S/C11H14ClNO5S/c1-7(14)13-6-8-4-9(17-2)10(18-3)5-11(8)19(12,15)16/h4-5H,6H2,1-3H3,(H,13,14). The van der Waals surface area contributed by atoms with Crippen molar-refractivity contribution >= 4 is 25.6 Å².